The van der Waals surface area contributed by atoms with Crippen LogP contribution in [0, 0.1) is 0 Å². The van der Waals surface area contributed by atoms with Crippen LogP contribution in [0.2, 0.25) is 0 Å². The van der Waals surface area contributed by atoms with Gasteiger partial charge in [-0.1, -0.05) is 5.16 Å². The zero-order valence-electron chi connectivity index (χ0n) is 9.26. The second kappa shape index (κ2) is 3.75. The van der Waals surface area contributed by atoms with Gasteiger partial charge < -0.3 is 14.0 Å². The Kier molecular flexibility index (Phi) is 2.25. The second-order valence-electron chi connectivity index (χ2n) is 4.25. The third-order valence-corrected chi connectivity index (χ3v) is 2.99. The number of imidazole rings is 1. The molecule has 0 atom stereocenters. The normalized spacial score (nSPS) is 16.3. The lowest BCUT2D eigenvalue weighted by atomic mass is 10.1. The van der Waals surface area contributed by atoms with E-state index in [4.69, 9.17) is 4.52 Å². The zero-order chi connectivity index (χ0) is 11.0. The molecule has 0 fully saturated rings. The first-order valence-corrected chi connectivity index (χ1v) is 5.43. The van der Waals surface area contributed by atoms with Crippen LogP contribution >= 0.6 is 0 Å². The first kappa shape index (κ1) is 9.59. The predicted molar refractivity (Wildman–Crippen MR) is 57.9 cm³/mol. The van der Waals surface area contributed by atoms with Crippen LogP contribution in [0.4, 0.5) is 0 Å². The Labute approximate surface area is 93.7 Å². The third-order valence-electron chi connectivity index (χ3n) is 2.99. The molecule has 0 saturated carbocycles. The molecule has 0 amide bonds. The van der Waals surface area contributed by atoms with Gasteiger partial charge in [-0.15, -0.1) is 0 Å². The van der Waals surface area contributed by atoms with Crippen molar-refractivity contribution in [1.82, 2.24) is 19.6 Å². The molecular formula is C11H14N4O. The van der Waals surface area contributed by atoms with E-state index in [1.54, 1.807) is 12.5 Å². The van der Waals surface area contributed by atoms with Crippen molar-refractivity contribution in [2.45, 2.75) is 19.5 Å². The van der Waals surface area contributed by atoms with Gasteiger partial charge in [0.1, 0.15) is 11.5 Å². The Hall–Kier alpha value is -1.62. The van der Waals surface area contributed by atoms with Gasteiger partial charge in [-0.3, -0.25) is 0 Å². The highest BCUT2D eigenvalue weighted by molar-refractivity contribution is 5.25. The summed E-state index contributed by atoms with van der Waals surface area (Å²) < 4.78 is 7.38. The molecule has 0 aromatic carbocycles. The highest BCUT2D eigenvalue weighted by Crippen LogP contribution is 2.21. The quantitative estimate of drug-likeness (QED) is 0.751. The monoisotopic (exact) mass is 218 g/mol. The summed E-state index contributed by atoms with van der Waals surface area (Å²) in [6, 6.07) is 0. The van der Waals surface area contributed by atoms with Crippen LogP contribution in [0.15, 0.2) is 23.2 Å². The van der Waals surface area contributed by atoms with Crippen molar-refractivity contribution < 1.29 is 4.52 Å². The number of aromatic nitrogens is 3. The average Bonchev–Trinajstić information content (AvgIpc) is 2.90. The van der Waals surface area contributed by atoms with Gasteiger partial charge in [0.2, 0.25) is 0 Å². The Morgan fingerprint density at radius 3 is 3.25 bits per heavy atom. The fraction of sp³-hybridized carbons (Fsp3) is 0.455. The fourth-order valence-corrected chi connectivity index (χ4v) is 2.08. The summed E-state index contributed by atoms with van der Waals surface area (Å²) in [7, 11) is 2.12. The summed E-state index contributed by atoms with van der Waals surface area (Å²) in [6.07, 6.45) is 6.47. The summed E-state index contributed by atoms with van der Waals surface area (Å²) in [4.78, 5) is 6.31. The Morgan fingerprint density at radius 1 is 1.50 bits per heavy atom. The van der Waals surface area contributed by atoms with Crippen LogP contribution in [-0.4, -0.2) is 33.2 Å². The molecule has 3 rings (SSSR count). The van der Waals surface area contributed by atoms with Gasteiger partial charge in [-0.2, -0.15) is 0 Å². The van der Waals surface area contributed by atoms with E-state index >= 15 is 0 Å². The van der Waals surface area contributed by atoms with Crippen molar-refractivity contribution in [2.24, 2.45) is 0 Å². The van der Waals surface area contributed by atoms with E-state index in [-0.39, 0.29) is 0 Å². The summed E-state index contributed by atoms with van der Waals surface area (Å²) >= 11 is 0. The smallest absolute Gasteiger partial charge is 0.142 e. The van der Waals surface area contributed by atoms with Crippen molar-refractivity contribution in [1.29, 1.82) is 0 Å². The summed E-state index contributed by atoms with van der Waals surface area (Å²) in [5.41, 5.74) is 2.28. The van der Waals surface area contributed by atoms with Gasteiger partial charge in [0.05, 0.1) is 12.9 Å². The van der Waals surface area contributed by atoms with Crippen molar-refractivity contribution in [3.05, 3.63) is 35.7 Å². The number of hydrogen-bond donors (Lipinski definition) is 0. The Bertz CT molecular complexity index is 474. The minimum absolute atomic E-state index is 0.743. The summed E-state index contributed by atoms with van der Waals surface area (Å²) in [5.74, 6) is 1.05. The summed E-state index contributed by atoms with van der Waals surface area (Å²) in [6.45, 7) is 2.72. The van der Waals surface area contributed by atoms with E-state index < -0.39 is 0 Å². The Balaban J connectivity index is 1.88. The molecule has 3 heterocycles. The lowest BCUT2D eigenvalue weighted by Gasteiger charge is -2.21. The highest BCUT2D eigenvalue weighted by Gasteiger charge is 2.21. The van der Waals surface area contributed by atoms with Crippen LogP contribution in [0.3, 0.4) is 0 Å². The lowest BCUT2D eigenvalue weighted by Crippen LogP contribution is -2.26. The van der Waals surface area contributed by atoms with Gasteiger partial charge in [0, 0.05) is 37.5 Å². The second-order valence-corrected chi connectivity index (χ2v) is 4.25. The van der Waals surface area contributed by atoms with Crippen LogP contribution in [0.25, 0.3) is 0 Å². The third kappa shape index (κ3) is 1.63. The van der Waals surface area contributed by atoms with Crippen LogP contribution in [0.5, 0.6) is 0 Å². The molecule has 0 N–H and O–H groups in total. The standard InChI is InChI=1S/C11H14N4O/c1-14-4-2-11-9(6-14)10(13-16-11)7-15-5-3-12-8-15/h3,5,8H,2,4,6-7H2,1H3. The topological polar surface area (TPSA) is 47.1 Å². The molecule has 1 aliphatic rings. The van der Waals surface area contributed by atoms with Crippen LogP contribution < -0.4 is 0 Å². The molecule has 0 radical (unpaired) electrons. The van der Waals surface area contributed by atoms with E-state index in [0.29, 0.717) is 0 Å². The molecule has 0 aliphatic carbocycles. The van der Waals surface area contributed by atoms with Gasteiger partial charge in [-0.05, 0) is 7.05 Å². The molecule has 0 unspecified atom stereocenters. The number of fused-ring (bicyclic) bond motifs is 1. The first-order chi connectivity index (χ1) is 7.83. The number of rotatable bonds is 2. The molecule has 0 saturated heterocycles. The fourth-order valence-electron chi connectivity index (χ4n) is 2.08. The molecule has 2 aromatic heterocycles. The van der Waals surface area contributed by atoms with Crippen LogP contribution in [-0.2, 0) is 19.5 Å². The molecule has 2 aromatic rings. The van der Waals surface area contributed by atoms with E-state index in [2.05, 4.69) is 22.1 Å². The molecular weight excluding hydrogens is 204 g/mol. The van der Waals surface area contributed by atoms with Gasteiger partial charge in [-0.25, -0.2) is 4.98 Å². The van der Waals surface area contributed by atoms with E-state index in [0.717, 1.165) is 37.5 Å². The Morgan fingerprint density at radius 2 is 2.44 bits per heavy atom. The molecule has 5 nitrogen and oxygen atoms in total. The molecule has 84 valence electrons. The van der Waals surface area contributed by atoms with E-state index in [1.807, 2.05) is 10.8 Å². The predicted octanol–water partition coefficient (Wildman–Crippen LogP) is 0.907. The van der Waals surface area contributed by atoms with Gasteiger partial charge in [0.25, 0.3) is 0 Å². The van der Waals surface area contributed by atoms with Crippen molar-refractivity contribution in [3.8, 4) is 0 Å². The SMILES string of the molecule is CN1CCc2onc(Cn3ccnc3)c2C1. The number of nitrogens with zero attached hydrogens (tertiary/aromatic N) is 4. The average molecular weight is 218 g/mol. The molecule has 1 aliphatic heterocycles. The maximum atomic E-state index is 5.37. The number of likely N-dealkylation sites (N-methyl/N-ethyl adjacent to an activating group) is 1. The van der Waals surface area contributed by atoms with Crippen molar-refractivity contribution in [2.75, 3.05) is 13.6 Å². The zero-order valence-corrected chi connectivity index (χ0v) is 9.26. The van der Waals surface area contributed by atoms with E-state index in [9.17, 15) is 0 Å². The number of hydrogen-bond acceptors (Lipinski definition) is 4. The van der Waals surface area contributed by atoms with Gasteiger partial charge >= 0.3 is 0 Å². The molecule has 16 heavy (non-hydrogen) atoms. The van der Waals surface area contributed by atoms with E-state index in [1.165, 1.54) is 5.56 Å². The molecule has 5 heteroatoms. The minimum Gasteiger partial charge on any atom is -0.361 e. The van der Waals surface area contributed by atoms with Crippen molar-refractivity contribution in [3.63, 3.8) is 0 Å². The lowest BCUT2D eigenvalue weighted by molar-refractivity contribution is 0.281. The van der Waals surface area contributed by atoms with Gasteiger partial charge in [0.15, 0.2) is 0 Å². The molecule has 0 spiro atoms. The van der Waals surface area contributed by atoms with Crippen LogP contribution in [0.1, 0.15) is 17.0 Å². The first-order valence-electron chi connectivity index (χ1n) is 5.43. The van der Waals surface area contributed by atoms with Crippen molar-refractivity contribution >= 4 is 0 Å². The minimum atomic E-state index is 0.743. The maximum absolute atomic E-state index is 5.37. The molecule has 0 bridgehead atoms. The highest BCUT2D eigenvalue weighted by atomic mass is 16.5. The maximum Gasteiger partial charge on any atom is 0.142 e. The summed E-state index contributed by atoms with van der Waals surface area (Å²) in [5, 5.41) is 4.16. The largest absolute Gasteiger partial charge is 0.361 e.